The number of ether oxygens (including phenoxy) is 2. The maximum absolute atomic E-state index is 10.3. The number of piperidine rings is 1. The average molecular weight is 324 g/mol. The Balaban J connectivity index is 1.76. The van der Waals surface area contributed by atoms with Crippen molar-refractivity contribution in [3.63, 3.8) is 0 Å². The van der Waals surface area contributed by atoms with E-state index in [-0.39, 0.29) is 6.61 Å². The highest BCUT2D eigenvalue weighted by atomic mass is 16.5. The molecule has 1 aliphatic heterocycles. The third-order valence-corrected chi connectivity index (χ3v) is 4.43. The summed E-state index contributed by atoms with van der Waals surface area (Å²) in [6.07, 6.45) is 3.90. The molecule has 0 aliphatic carbocycles. The van der Waals surface area contributed by atoms with Crippen LogP contribution in [0.25, 0.3) is 0 Å². The zero-order valence-corrected chi connectivity index (χ0v) is 14.0. The summed E-state index contributed by atoms with van der Waals surface area (Å²) in [6.45, 7) is 4.88. The van der Waals surface area contributed by atoms with E-state index in [2.05, 4.69) is 0 Å². The molecular formula is C18H30NO4+. The summed E-state index contributed by atoms with van der Waals surface area (Å²) in [5.41, 5.74) is 0. The SMILES string of the molecule is CCOc1ccc(OC[C@H](O)C[NH+]2CCCC[C@@H]2CCO)cc1. The van der Waals surface area contributed by atoms with Gasteiger partial charge in [-0.25, -0.2) is 0 Å². The van der Waals surface area contributed by atoms with Crippen LogP contribution in [0.5, 0.6) is 11.5 Å². The Labute approximate surface area is 138 Å². The summed E-state index contributed by atoms with van der Waals surface area (Å²) in [7, 11) is 0. The molecule has 3 atom stereocenters. The lowest BCUT2D eigenvalue weighted by Gasteiger charge is -2.33. The summed E-state index contributed by atoms with van der Waals surface area (Å²) in [4.78, 5) is 1.40. The molecule has 0 saturated carbocycles. The lowest BCUT2D eigenvalue weighted by Crippen LogP contribution is -3.17. The van der Waals surface area contributed by atoms with Gasteiger partial charge in [-0.3, -0.25) is 0 Å². The van der Waals surface area contributed by atoms with Gasteiger partial charge in [-0.1, -0.05) is 0 Å². The van der Waals surface area contributed by atoms with Crippen LogP contribution in [0, 0.1) is 0 Å². The molecule has 23 heavy (non-hydrogen) atoms. The van der Waals surface area contributed by atoms with Gasteiger partial charge in [-0.05, 0) is 50.5 Å². The fraction of sp³-hybridized carbons (Fsp3) is 0.667. The van der Waals surface area contributed by atoms with Crippen molar-refractivity contribution in [3.8, 4) is 11.5 Å². The average Bonchev–Trinajstić information content (AvgIpc) is 2.57. The molecule has 130 valence electrons. The predicted octanol–water partition coefficient (Wildman–Crippen LogP) is 0.645. The minimum Gasteiger partial charge on any atom is -0.494 e. The highest BCUT2D eigenvalue weighted by Crippen LogP contribution is 2.17. The van der Waals surface area contributed by atoms with Gasteiger partial charge in [0.2, 0.25) is 0 Å². The monoisotopic (exact) mass is 324 g/mol. The first kappa shape index (κ1) is 18.0. The molecule has 1 heterocycles. The first-order valence-electron chi connectivity index (χ1n) is 8.72. The Kier molecular flexibility index (Phi) is 7.65. The first-order chi connectivity index (χ1) is 11.2. The maximum atomic E-state index is 10.3. The molecule has 0 amide bonds. The number of hydrogen-bond acceptors (Lipinski definition) is 4. The molecule has 2 rings (SSSR count). The molecule has 1 aliphatic rings. The van der Waals surface area contributed by atoms with E-state index >= 15 is 0 Å². The molecule has 5 heteroatoms. The quantitative estimate of drug-likeness (QED) is 0.624. The molecule has 0 spiro atoms. The summed E-state index contributed by atoms with van der Waals surface area (Å²) >= 11 is 0. The normalized spacial score (nSPS) is 22.6. The van der Waals surface area contributed by atoms with Crippen LogP contribution in [0.2, 0.25) is 0 Å². The van der Waals surface area contributed by atoms with Crippen LogP contribution in [0.15, 0.2) is 24.3 Å². The van der Waals surface area contributed by atoms with Gasteiger partial charge in [0.15, 0.2) is 0 Å². The van der Waals surface area contributed by atoms with E-state index in [0.29, 0.717) is 25.8 Å². The van der Waals surface area contributed by atoms with Crippen LogP contribution in [-0.2, 0) is 0 Å². The second-order valence-electron chi connectivity index (χ2n) is 6.19. The topological polar surface area (TPSA) is 63.4 Å². The Hall–Kier alpha value is -1.30. The van der Waals surface area contributed by atoms with Gasteiger partial charge >= 0.3 is 0 Å². The smallest absolute Gasteiger partial charge is 0.137 e. The Bertz CT molecular complexity index is 435. The molecule has 1 aromatic carbocycles. The number of rotatable bonds is 9. The first-order valence-corrected chi connectivity index (χ1v) is 8.72. The van der Waals surface area contributed by atoms with Crippen molar-refractivity contribution in [2.24, 2.45) is 0 Å². The fourth-order valence-electron chi connectivity index (χ4n) is 3.28. The Morgan fingerprint density at radius 1 is 1.17 bits per heavy atom. The zero-order chi connectivity index (χ0) is 16.5. The molecule has 1 unspecified atom stereocenters. The molecule has 1 fully saturated rings. The predicted molar refractivity (Wildman–Crippen MR) is 89.2 cm³/mol. The lowest BCUT2D eigenvalue weighted by molar-refractivity contribution is -0.933. The maximum Gasteiger partial charge on any atom is 0.137 e. The largest absolute Gasteiger partial charge is 0.494 e. The highest BCUT2D eigenvalue weighted by Gasteiger charge is 2.27. The van der Waals surface area contributed by atoms with Gasteiger partial charge < -0.3 is 24.6 Å². The lowest BCUT2D eigenvalue weighted by atomic mass is 9.99. The standard InChI is InChI=1S/C18H29NO4/c1-2-22-17-6-8-18(9-7-17)23-14-16(21)13-19-11-4-3-5-15(19)10-12-20/h6-9,15-16,20-21H,2-5,10-14H2,1H3/p+1/t15-,16-/m1/s1. The molecule has 1 saturated heterocycles. The second-order valence-corrected chi connectivity index (χ2v) is 6.19. The van der Waals surface area contributed by atoms with Crippen LogP contribution in [0.4, 0.5) is 0 Å². The van der Waals surface area contributed by atoms with Gasteiger partial charge in [-0.2, -0.15) is 0 Å². The summed E-state index contributed by atoms with van der Waals surface area (Å²) in [5, 5.41) is 19.4. The highest BCUT2D eigenvalue weighted by molar-refractivity contribution is 5.31. The van der Waals surface area contributed by atoms with Crippen molar-refractivity contribution in [1.82, 2.24) is 0 Å². The summed E-state index contributed by atoms with van der Waals surface area (Å²) in [6, 6.07) is 7.94. The second kappa shape index (κ2) is 9.75. The molecule has 0 aromatic heterocycles. The van der Waals surface area contributed by atoms with E-state index in [9.17, 15) is 10.2 Å². The van der Waals surface area contributed by atoms with Crippen molar-refractivity contribution in [2.75, 3.05) is 32.9 Å². The third kappa shape index (κ3) is 6.01. The minimum atomic E-state index is -0.490. The number of likely N-dealkylation sites (tertiary alicyclic amines) is 1. The van der Waals surface area contributed by atoms with Gasteiger partial charge in [0, 0.05) is 13.0 Å². The molecule has 0 bridgehead atoms. The van der Waals surface area contributed by atoms with Crippen LogP contribution in [-0.4, -0.2) is 55.3 Å². The summed E-state index contributed by atoms with van der Waals surface area (Å²) < 4.78 is 11.1. The van der Waals surface area contributed by atoms with Crippen molar-refractivity contribution in [1.29, 1.82) is 0 Å². The van der Waals surface area contributed by atoms with Gasteiger partial charge in [0.25, 0.3) is 0 Å². The number of hydrogen-bond donors (Lipinski definition) is 3. The molecule has 0 radical (unpaired) electrons. The van der Waals surface area contributed by atoms with Crippen molar-refractivity contribution in [3.05, 3.63) is 24.3 Å². The number of quaternary nitrogens is 1. The van der Waals surface area contributed by atoms with Gasteiger partial charge in [0.1, 0.15) is 30.8 Å². The zero-order valence-electron chi connectivity index (χ0n) is 14.0. The van der Waals surface area contributed by atoms with Crippen molar-refractivity contribution in [2.45, 2.75) is 44.8 Å². The summed E-state index contributed by atoms with van der Waals surface area (Å²) in [5.74, 6) is 1.57. The molecular weight excluding hydrogens is 294 g/mol. The van der Waals surface area contributed by atoms with Crippen LogP contribution in [0.3, 0.4) is 0 Å². The number of aliphatic hydroxyl groups excluding tert-OH is 2. The van der Waals surface area contributed by atoms with E-state index in [1.165, 1.54) is 17.7 Å². The number of nitrogens with one attached hydrogen (secondary N) is 1. The van der Waals surface area contributed by atoms with E-state index in [4.69, 9.17) is 9.47 Å². The van der Waals surface area contributed by atoms with Crippen LogP contribution < -0.4 is 14.4 Å². The van der Waals surface area contributed by atoms with E-state index in [1.807, 2.05) is 31.2 Å². The van der Waals surface area contributed by atoms with Crippen LogP contribution in [0.1, 0.15) is 32.6 Å². The molecule has 1 aromatic rings. The van der Waals surface area contributed by atoms with E-state index in [0.717, 1.165) is 30.9 Å². The van der Waals surface area contributed by atoms with Crippen molar-refractivity contribution >= 4 is 0 Å². The van der Waals surface area contributed by atoms with E-state index < -0.39 is 6.10 Å². The number of aliphatic hydroxyl groups is 2. The molecule has 5 nitrogen and oxygen atoms in total. The Morgan fingerprint density at radius 3 is 2.52 bits per heavy atom. The van der Waals surface area contributed by atoms with Gasteiger partial charge in [0.05, 0.1) is 19.2 Å². The third-order valence-electron chi connectivity index (χ3n) is 4.43. The fourth-order valence-corrected chi connectivity index (χ4v) is 3.28. The minimum absolute atomic E-state index is 0.229. The van der Waals surface area contributed by atoms with Gasteiger partial charge in [-0.15, -0.1) is 0 Å². The Morgan fingerprint density at radius 2 is 1.87 bits per heavy atom. The van der Waals surface area contributed by atoms with Crippen molar-refractivity contribution < 1.29 is 24.6 Å². The van der Waals surface area contributed by atoms with E-state index in [1.54, 1.807) is 0 Å². The molecule has 3 N–H and O–H groups in total. The number of benzene rings is 1. The van der Waals surface area contributed by atoms with Crippen LogP contribution >= 0.6 is 0 Å².